The van der Waals surface area contributed by atoms with E-state index in [2.05, 4.69) is 16.3 Å². The Morgan fingerprint density at radius 1 is 1.20 bits per heavy atom. The van der Waals surface area contributed by atoms with Gasteiger partial charge in [-0.15, -0.1) is 0 Å². The highest BCUT2D eigenvalue weighted by Gasteiger charge is 2.33. The van der Waals surface area contributed by atoms with Crippen LogP contribution in [0.25, 0.3) is 0 Å². The Morgan fingerprint density at radius 2 is 2.00 bits per heavy atom. The van der Waals surface area contributed by atoms with Gasteiger partial charge in [-0.25, -0.2) is 0 Å². The minimum atomic E-state index is 0.619. The zero-order chi connectivity index (χ0) is 13.9. The van der Waals surface area contributed by atoms with E-state index in [0.717, 1.165) is 24.0 Å². The number of hydrogen-bond donors (Lipinski definition) is 1. The molecule has 3 saturated heterocycles. The van der Waals surface area contributed by atoms with Crippen molar-refractivity contribution in [3.8, 4) is 11.5 Å². The molecule has 20 heavy (non-hydrogen) atoms. The molecule has 0 aliphatic carbocycles. The lowest BCUT2D eigenvalue weighted by molar-refractivity contribution is 0.0719. The number of benzene rings is 1. The number of fused-ring (bicyclic) bond motifs is 3. The maximum absolute atomic E-state index is 5.49. The molecular formula is C16H24N2O2. The van der Waals surface area contributed by atoms with Crippen molar-refractivity contribution in [3.05, 3.63) is 23.8 Å². The first-order valence-corrected chi connectivity index (χ1v) is 7.47. The fourth-order valence-electron chi connectivity index (χ4n) is 3.53. The Kier molecular flexibility index (Phi) is 4.13. The first-order valence-electron chi connectivity index (χ1n) is 7.47. The van der Waals surface area contributed by atoms with Crippen LogP contribution in [-0.2, 0) is 6.54 Å². The molecule has 1 aromatic carbocycles. The number of para-hydroxylation sites is 1. The van der Waals surface area contributed by atoms with E-state index in [-0.39, 0.29) is 0 Å². The van der Waals surface area contributed by atoms with Gasteiger partial charge in [-0.3, -0.25) is 0 Å². The highest BCUT2D eigenvalue weighted by molar-refractivity contribution is 5.46. The standard InChI is InChI=1S/C16H24N2O2/c1-19-15-5-3-4-13(16(15)20-2)10-17-14-11-18-8-6-12(14)7-9-18/h3-5,12,14,17H,6-11H2,1-2H3/t14-/m1/s1. The Hall–Kier alpha value is -1.26. The Morgan fingerprint density at radius 3 is 2.60 bits per heavy atom. The minimum Gasteiger partial charge on any atom is -0.493 e. The molecule has 0 radical (unpaired) electrons. The molecule has 3 fully saturated rings. The molecule has 0 aromatic heterocycles. The molecule has 110 valence electrons. The largest absolute Gasteiger partial charge is 0.493 e. The van der Waals surface area contributed by atoms with Crippen molar-refractivity contribution < 1.29 is 9.47 Å². The van der Waals surface area contributed by atoms with Gasteiger partial charge >= 0.3 is 0 Å². The molecule has 3 heterocycles. The summed E-state index contributed by atoms with van der Waals surface area (Å²) in [6, 6.07) is 6.69. The predicted octanol–water partition coefficient (Wildman–Crippen LogP) is 1.89. The summed E-state index contributed by atoms with van der Waals surface area (Å²) in [6.07, 6.45) is 2.68. The molecule has 0 spiro atoms. The summed E-state index contributed by atoms with van der Waals surface area (Å²) in [5.41, 5.74) is 1.17. The van der Waals surface area contributed by atoms with Crippen molar-refractivity contribution in [2.75, 3.05) is 33.9 Å². The van der Waals surface area contributed by atoms with Gasteiger partial charge in [-0.2, -0.15) is 0 Å². The molecule has 4 nitrogen and oxygen atoms in total. The molecule has 3 aliphatic rings. The highest BCUT2D eigenvalue weighted by Crippen LogP contribution is 2.32. The van der Waals surface area contributed by atoms with E-state index < -0.39 is 0 Å². The molecule has 4 heteroatoms. The van der Waals surface area contributed by atoms with Crippen molar-refractivity contribution >= 4 is 0 Å². The second-order valence-corrected chi connectivity index (χ2v) is 5.78. The normalized spacial score (nSPS) is 28.4. The summed E-state index contributed by atoms with van der Waals surface area (Å²) in [5, 5.41) is 3.72. The fraction of sp³-hybridized carbons (Fsp3) is 0.625. The lowest BCUT2D eigenvalue weighted by Crippen LogP contribution is -2.55. The summed E-state index contributed by atoms with van der Waals surface area (Å²) in [4.78, 5) is 2.57. The third kappa shape index (κ3) is 2.63. The summed E-state index contributed by atoms with van der Waals surface area (Å²) in [5.74, 6) is 2.50. The third-order valence-electron chi connectivity index (χ3n) is 4.70. The quantitative estimate of drug-likeness (QED) is 0.890. The van der Waals surface area contributed by atoms with E-state index >= 15 is 0 Å². The number of nitrogens with zero attached hydrogens (tertiary/aromatic N) is 1. The van der Waals surface area contributed by atoms with E-state index in [1.54, 1.807) is 14.2 Å². The van der Waals surface area contributed by atoms with Crippen LogP contribution < -0.4 is 14.8 Å². The third-order valence-corrected chi connectivity index (χ3v) is 4.70. The molecule has 4 rings (SSSR count). The Balaban J connectivity index is 1.66. The van der Waals surface area contributed by atoms with E-state index in [4.69, 9.17) is 9.47 Å². The summed E-state index contributed by atoms with van der Waals surface area (Å²) < 4.78 is 10.9. The fourth-order valence-corrected chi connectivity index (χ4v) is 3.53. The summed E-state index contributed by atoms with van der Waals surface area (Å²) in [7, 11) is 3.39. The van der Waals surface area contributed by atoms with Gasteiger partial charge in [0.05, 0.1) is 14.2 Å². The molecule has 1 atom stereocenters. The van der Waals surface area contributed by atoms with Gasteiger partial charge in [-0.1, -0.05) is 12.1 Å². The number of piperidine rings is 3. The SMILES string of the molecule is COc1cccc(CN[C@@H]2CN3CCC2CC3)c1OC. The van der Waals surface area contributed by atoms with E-state index in [1.165, 1.54) is 38.0 Å². The molecular weight excluding hydrogens is 252 g/mol. The molecule has 1 aromatic rings. The Bertz CT molecular complexity index is 456. The molecule has 0 saturated carbocycles. The van der Waals surface area contributed by atoms with Gasteiger partial charge in [-0.05, 0) is 37.9 Å². The minimum absolute atomic E-state index is 0.619. The first kappa shape index (κ1) is 13.7. The van der Waals surface area contributed by atoms with Gasteiger partial charge in [0, 0.05) is 24.7 Å². The van der Waals surface area contributed by atoms with Gasteiger partial charge in [0.2, 0.25) is 0 Å². The number of nitrogens with one attached hydrogen (secondary N) is 1. The molecule has 0 unspecified atom stereocenters. The molecule has 3 aliphatic heterocycles. The number of methoxy groups -OCH3 is 2. The number of rotatable bonds is 5. The van der Waals surface area contributed by atoms with Crippen LogP contribution in [0.5, 0.6) is 11.5 Å². The molecule has 1 N–H and O–H groups in total. The van der Waals surface area contributed by atoms with Crippen molar-refractivity contribution in [1.29, 1.82) is 0 Å². The monoisotopic (exact) mass is 276 g/mol. The lowest BCUT2D eigenvalue weighted by Gasteiger charge is -2.45. The number of ether oxygens (including phenoxy) is 2. The predicted molar refractivity (Wildman–Crippen MR) is 79.3 cm³/mol. The van der Waals surface area contributed by atoms with E-state index in [1.807, 2.05) is 12.1 Å². The average Bonchev–Trinajstić information content (AvgIpc) is 2.53. The van der Waals surface area contributed by atoms with Crippen LogP contribution in [0.2, 0.25) is 0 Å². The summed E-state index contributed by atoms with van der Waals surface area (Å²) >= 11 is 0. The highest BCUT2D eigenvalue weighted by atomic mass is 16.5. The van der Waals surface area contributed by atoms with Crippen LogP contribution >= 0.6 is 0 Å². The smallest absolute Gasteiger partial charge is 0.165 e. The first-order chi connectivity index (χ1) is 9.81. The van der Waals surface area contributed by atoms with Crippen LogP contribution in [0.1, 0.15) is 18.4 Å². The van der Waals surface area contributed by atoms with Gasteiger partial charge in [0.15, 0.2) is 11.5 Å². The second-order valence-electron chi connectivity index (χ2n) is 5.78. The zero-order valence-corrected chi connectivity index (χ0v) is 12.4. The lowest BCUT2D eigenvalue weighted by atomic mass is 9.84. The van der Waals surface area contributed by atoms with Crippen LogP contribution in [0.3, 0.4) is 0 Å². The molecule has 2 bridgehead atoms. The van der Waals surface area contributed by atoms with Crippen LogP contribution in [0.4, 0.5) is 0 Å². The van der Waals surface area contributed by atoms with Crippen LogP contribution in [-0.4, -0.2) is 44.8 Å². The maximum atomic E-state index is 5.49. The van der Waals surface area contributed by atoms with Crippen molar-refractivity contribution in [2.24, 2.45) is 5.92 Å². The number of hydrogen-bond acceptors (Lipinski definition) is 4. The van der Waals surface area contributed by atoms with Crippen molar-refractivity contribution in [2.45, 2.75) is 25.4 Å². The topological polar surface area (TPSA) is 33.7 Å². The maximum Gasteiger partial charge on any atom is 0.165 e. The Labute approximate surface area is 121 Å². The van der Waals surface area contributed by atoms with Gasteiger partial charge in [0.25, 0.3) is 0 Å². The van der Waals surface area contributed by atoms with Crippen molar-refractivity contribution in [1.82, 2.24) is 10.2 Å². The molecule has 0 amide bonds. The van der Waals surface area contributed by atoms with E-state index in [9.17, 15) is 0 Å². The van der Waals surface area contributed by atoms with Gasteiger partial charge in [0.1, 0.15) is 0 Å². The van der Waals surface area contributed by atoms with E-state index in [0.29, 0.717) is 6.04 Å². The van der Waals surface area contributed by atoms with Gasteiger partial charge < -0.3 is 19.7 Å². The van der Waals surface area contributed by atoms with Crippen LogP contribution in [0, 0.1) is 5.92 Å². The van der Waals surface area contributed by atoms with Crippen LogP contribution in [0.15, 0.2) is 18.2 Å². The zero-order valence-electron chi connectivity index (χ0n) is 12.4. The van der Waals surface area contributed by atoms with Crippen molar-refractivity contribution in [3.63, 3.8) is 0 Å². The summed E-state index contributed by atoms with van der Waals surface area (Å²) in [6.45, 7) is 4.60. The second kappa shape index (κ2) is 6.02. The average molecular weight is 276 g/mol.